The molecule has 0 spiro atoms. The molecule has 0 atom stereocenters. The smallest absolute Gasteiger partial charge is 0.165 e. The Labute approximate surface area is 91.4 Å². The Morgan fingerprint density at radius 1 is 1.20 bits per heavy atom. The first-order valence-electron chi connectivity index (χ1n) is 5.47. The van der Waals surface area contributed by atoms with Crippen molar-refractivity contribution in [3.05, 3.63) is 10.4 Å². The van der Waals surface area contributed by atoms with Gasteiger partial charge in [0.25, 0.3) is 0 Å². The van der Waals surface area contributed by atoms with E-state index < -0.39 is 5.79 Å². The second kappa shape index (κ2) is 8.53. The minimum absolute atomic E-state index is 0.486. The molecule has 5 nitrogen and oxygen atoms in total. The van der Waals surface area contributed by atoms with E-state index in [1.807, 2.05) is 20.8 Å². The molecule has 0 aliphatic heterocycles. The van der Waals surface area contributed by atoms with Crippen molar-refractivity contribution < 1.29 is 9.47 Å². The summed E-state index contributed by atoms with van der Waals surface area (Å²) < 4.78 is 11.1. The van der Waals surface area contributed by atoms with E-state index in [2.05, 4.69) is 10.0 Å². The molecule has 0 aromatic rings. The van der Waals surface area contributed by atoms with Gasteiger partial charge in [-0.2, -0.15) is 0 Å². The maximum Gasteiger partial charge on any atom is 0.165 e. The van der Waals surface area contributed by atoms with Crippen molar-refractivity contribution in [2.45, 2.75) is 45.8 Å². The van der Waals surface area contributed by atoms with Gasteiger partial charge in [0.15, 0.2) is 5.79 Å². The first-order chi connectivity index (χ1) is 7.18. The van der Waals surface area contributed by atoms with E-state index in [4.69, 9.17) is 15.0 Å². The van der Waals surface area contributed by atoms with E-state index >= 15 is 0 Å². The predicted octanol–water partition coefficient (Wildman–Crippen LogP) is 3.26. The van der Waals surface area contributed by atoms with Crippen molar-refractivity contribution >= 4 is 0 Å². The fourth-order valence-corrected chi connectivity index (χ4v) is 1.47. The zero-order valence-electron chi connectivity index (χ0n) is 9.90. The molecule has 0 amide bonds. The Bertz CT molecular complexity index is 197. The Morgan fingerprint density at radius 2 is 1.80 bits per heavy atom. The molecule has 0 aromatic heterocycles. The molecule has 0 radical (unpaired) electrons. The van der Waals surface area contributed by atoms with Crippen LogP contribution in [0.15, 0.2) is 5.11 Å². The summed E-state index contributed by atoms with van der Waals surface area (Å²) in [6, 6.07) is 0. The van der Waals surface area contributed by atoms with Crippen LogP contribution in [-0.4, -0.2) is 25.5 Å². The molecular formula is C10H21N3O2. The van der Waals surface area contributed by atoms with Crippen molar-refractivity contribution in [1.82, 2.24) is 0 Å². The van der Waals surface area contributed by atoms with E-state index in [1.165, 1.54) is 0 Å². The molecule has 0 bridgehead atoms. The van der Waals surface area contributed by atoms with Crippen LogP contribution < -0.4 is 0 Å². The van der Waals surface area contributed by atoms with Gasteiger partial charge in [-0.05, 0) is 39.1 Å². The third-order valence-electron chi connectivity index (χ3n) is 2.10. The Hall–Kier alpha value is -0.770. The average molecular weight is 215 g/mol. The van der Waals surface area contributed by atoms with Gasteiger partial charge in [0.2, 0.25) is 0 Å². The monoisotopic (exact) mass is 215 g/mol. The lowest BCUT2D eigenvalue weighted by atomic mass is 10.1. The number of nitrogens with zero attached hydrogens (tertiary/aromatic N) is 3. The highest BCUT2D eigenvalue weighted by atomic mass is 16.7. The highest BCUT2D eigenvalue weighted by molar-refractivity contribution is 4.63. The number of hydrogen-bond acceptors (Lipinski definition) is 3. The van der Waals surface area contributed by atoms with Gasteiger partial charge in [0.05, 0.1) is 0 Å². The van der Waals surface area contributed by atoms with Crippen molar-refractivity contribution in [2.24, 2.45) is 5.11 Å². The van der Waals surface area contributed by atoms with Gasteiger partial charge in [-0.25, -0.2) is 0 Å². The topological polar surface area (TPSA) is 67.2 Å². The molecule has 0 aliphatic carbocycles. The van der Waals surface area contributed by atoms with Gasteiger partial charge < -0.3 is 9.47 Å². The highest BCUT2D eigenvalue weighted by Gasteiger charge is 2.23. The van der Waals surface area contributed by atoms with E-state index in [0.29, 0.717) is 19.8 Å². The quantitative estimate of drug-likeness (QED) is 0.195. The summed E-state index contributed by atoms with van der Waals surface area (Å²) in [7, 11) is 0. The molecule has 5 heteroatoms. The Balaban J connectivity index is 3.79. The third kappa shape index (κ3) is 7.19. The van der Waals surface area contributed by atoms with Crippen LogP contribution in [0, 0.1) is 0 Å². The number of rotatable bonds is 9. The zero-order chi connectivity index (χ0) is 11.6. The lowest BCUT2D eigenvalue weighted by Gasteiger charge is -2.29. The molecule has 0 heterocycles. The molecule has 0 rings (SSSR count). The molecule has 0 unspecified atom stereocenters. The summed E-state index contributed by atoms with van der Waals surface area (Å²) in [5.74, 6) is -0.486. The SMILES string of the molecule is CCOC(C)(CCCCN=[N+]=[N-])OCC. The van der Waals surface area contributed by atoms with E-state index in [-0.39, 0.29) is 0 Å². The van der Waals surface area contributed by atoms with Gasteiger partial charge in [-0.15, -0.1) is 0 Å². The maximum atomic E-state index is 8.10. The summed E-state index contributed by atoms with van der Waals surface area (Å²) >= 11 is 0. The Kier molecular flexibility index (Phi) is 8.09. The molecule has 0 aliphatic rings. The minimum atomic E-state index is -0.486. The number of unbranched alkanes of at least 4 members (excludes halogenated alkanes) is 1. The molecule has 0 fully saturated rings. The van der Waals surface area contributed by atoms with E-state index in [9.17, 15) is 0 Å². The van der Waals surface area contributed by atoms with Crippen LogP contribution in [0.5, 0.6) is 0 Å². The first kappa shape index (κ1) is 14.2. The van der Waals surface area contributed by atoms with Crippen LogP contribution >= 0.6 is 0 Å². The molecule has 88 valence electrons. The lowest BCUT2D eigenvalue weighted by Crippen LogP contribution is -2.32. The van der Waals surface area contributed by atoms with Crippen molar-refractivity contribution in [1.29, 1.82) is 0 Å². The average Bonchev–Trinajstić information content (AvgIpc) is 2.18. The van der Waals surface area contributed by atoms with Crippen LogP contribution in [0.3, 0.4) is 0 Å². The number of azide groups is 1. The highest BCUT2D eigenvalue weighted by Crippen LogP contribution is 2.20. The minimum Gasteiger partial charge on any atom is -0.351 e. The molecule has 0 saturated heterocycles. The van der Waals surface area contributed by atoms with Crippen molar-refractivity contribution in [3.63, 3.8) is 0 Å². The largest absolute Gasteiger partial charge is 0.351 e. The molecule has 0 aromatic carbocycles. The maximum absolute atomic E-state index is 8.10. The molecule has 0 N–H and O–H groups in total. The molecule has 0 saturated carbocycles. The third-order valence-corrected chi connectivity index (χ3v) is 2.10. The molecule has 15 heavy (non-hydrogen) atoms. The van der Waals surface area contributed by atoms with E-state index in [0.717, 1.165) is 19.3 Å². The summed E-state index contributed by atoms with van der Waals surface area (Å²) in [6.45, 7) is 7.70. The van der Waals surface area contributed by atoms with Crippen LogP contribution in [0.4, 0.5) is 0 Å². The molecular weight excluding hydrogens is 194 g/mol. The number of hydrogen-bond donors (Lipinski definition) is 0. The van der Waals surface area contributed by atoms with Gasteiger partial charge in [-0.3, -0.25) is 0 Å². The van der Waals surface area contributed by atoms with Crippen molar-refractivity contribution in [2.75, 3.05) is 19.8 Å². The number of ether oxygens (including phenoxy) is 2. The van der Waals surface area contributed by atoms with Gasteiger partial charge in [0.1, 0.15) is 0 Å². The second-order valence-electron chi connectivity index (χ2n) is 3.41. The summed E-state index contributed by atoms with van der Waals surface area (Å²) in [6.07, 6.45) is 2.64. The van der Waals surface area contributed by atoms with Gasteiger partial charge >= 0.3 is 0 Å². The van der Waals surface area contributed by atoms with E-state index in [1.54, 1.807) is 0 Å². The van der Waals surface area contributed by atoms with Gasteiger partial charge in [-0.1, -0.05) is 5.11 Å². The predicted molar refractivity (Wildman–Crippen MR) is 59.5 cm³/mol. The lowest BCUT2D eigenvalue weighted by molar-refractivity contribution is -0.225. The Morgan fingerprint density at radius 3 is 2.27 bits per heavy atom. The standard InChI is InChI=1S/C10H21N3O2/c1-4-14-10(3,15-5-2)8-6-7-9-12-13-11/h4-9H2,1-3H3. The summed E-state index contributed by atoms with van der Waals surface area (Å²) in [5.41, 5.74) is 8.10. The van der Waals surface area contributed by atoms with Crippen LogP contribution in [-0.2, 0) is 9.47 Å². The van der Waals surface area contributed by atoms with Crippen molar-refractivity contribution in [3.8, 4) is 0 Å². The second-order valence-corrected chi connectivity index (χ2v) is 3.41. The van der Waals surface area contributed by atoms with Gasteiger partial charge in [0, 0.05) is 31.1 Å². The van der Waals surface area contributed by atoms with Crippen LogP contribution in [0.25, 0.3) is 10.4 Å². The normalized spacial score (nSPS) is 11.1. The van der Waals surface area contributed by atoms with Crippen LogP contribution in [0.1, 0.15) is 40.0 Å². The fourth-order valence-electron chi connectivity index (χ4n) is 1.47. The fraction of sp³-hybridized carbons (Fsp3) is 1.00. The zero-order valence-corrected chi connectivity index (χ0v) is 9.90. The summed E-state index contributed by atoms with van der Waals surface area (Å²) in [4.78, 5) is 2.70. The summed E-state index contributed by atoms with van der Waals surface area (Å²) in [5, 5.41) is 3.48. The first-order valence-corrected chi connectivity index (χ1v) is 5.47. The van der Waals surface area contributed by atoms with Crippen LogP contribution in [0.2, 0.25) is 0 Å².